The fraction of sp³-hybridized carbons (Fsp3) is 0.812. The summed E-state index contributed by atoms with van der Waals surface area (Å²) >= 11 is 0. The topological polar surface area (TPSA) is 43.8 Å². The van der Waals surface area contributed by atoms with Gasteiger partial charge in [-0.3, -0.25) is 0 Å². The average molecular weight is 263 g/mol. The third-order valence-corrected chi connectivity index (χ3v) is 4.31. The lowest BCUT2D eigenvalue weighted by Crippen LogP contribution is -2.14. The fourth-order valence-corrected chi connectivity index (χ4v) is 3.22. The minimum absolute atomic E-state index is 0.521. The summed E-state index contributed by atoms with van der Waals surface area (Å²) in [4.78, 5) is 0. The number of nitrogens with two attached hydrogens (primary N) is 1. The average Bonchev–Trinajstić information content (AvgIpc) is 2.69. The van der Waals surface area contributed by atoms with Crippen LogP contribution in [0.2, 0.25) is 0 Å². The van der Waals surface area contributed by atoms with Crippen LogP contribution in [0.1, 0.15) is 82.4 Å². The van der Waals surface area contributed by atoms with Crippen LogP contribution in [0.15, 0.2) is 6.07 Å². The van der Waals surface area contributed by atoms with E-state index in [1.165, 1.54) is 70.6 Å². The van der Waals surface area contributed by atoms with Crippen molar-refractivity contribution < 1.29 is 0 Å². The molecule has 3 nitrogen and oxygen atoms in total. The molecule has 19 heavy (non-hydrogen) atoms. The molecular formula is C16H29N3. The van der Waals surface area contributed by atoms with E-state index in [1.807, 2.05) is 13.0 Å². The first-order chi connectivity index (χ1) is 9.27. The van der Waals surface area contributed by atoms with Crippen LogP contribution in [0.25, 0.3) is 0 Å². The predicted molar refractivity (Wildman–Crippen MR) is 81.2 cm³/mol. The van der Waals surface area contributed by atoms with Gasteiger partial charge in [-0.2, -0.15) is 5.10 Å². The first-order valence-corrected chi connectivity index (χ1v) is 8.09. The molecule has 0 bridgehead atoms. The lowest BCUT2D eigenvalue weighted by molar-refractivity contribution is 0.364. The molecule has 108 valence electrons. The van der Waals surface area contributed by atoms with E-state index < -0.39 is 0 Å². The van der Waals surface area contributed by atoms with Crippen LogP contribution in [0, 0.1) is 6.92 Å². The third-order valence-electron chi connectivity index (χ3n) is 4.31. The largest absolute Gasteiger partial charge is 0.384 e. The van der Waals surface area contributed by atoms with Crippen molar-refractivity contribution in [3.8, 4) is 0 Å². The quantitative estimate of drug-likeness (QED) is 0.803. The van der Waals surface area contributed by atoms with Crippen LogP contribution < -0.4 is 5.73 Å². The number of hydrogen-bond acceptors (Lipinski definition) is 2. The summed E-state index contributed by atoms with van der Waals surface area (Å²) in [6, 6.07) is 2.52. The van der Waals surface area contributed by atoms with Crippen LogP contribution in [0.3, 0.4) is 0 Å². The van der Waals surface area contributed by atoms with Gasteiger partial charge < -0.3 is 5.73 Å². The highest BCUT2D eigenvalue weighted by molar-refractivity contribution is 5.30. The van der Waals surface area contributed by atoms with Gasteiger partial charge in [0.15, 0.2) is 0 Å². The maximum Gasteiger partial charge on any atom is 0.122 e. The Morgan fingerprint density at radius 2 is 1.42 bits per heavy atom. The van der Waals surface area contributed by atoms with Gasteiger partial charge in [-0.1, -0.05) is 57.8 Å². The Bertz CT molecular complexity index is 358. The number of aryl methyl sites for hydroxylation is 1. The van der Waals surface area contributed by atoms with Gasteiger partial charge in [0.05, 0.1) is 11.7 Å². The Morgan fingerprint density at radius 1 is 0.947 bits per heavy atom. The zero-order valence-corrected chi connectivity index (χ0v) is 12.4. The fourth-order valence-electron chi connectivity index (χ4n) is 3.22. The molecule has 1 fully saturated rings. The van der Waals surface area contributed by atoms with Crippen LogP contribution >= 0.6 is 0 Å². The van der Waals surface area contributed by atoms with Crippen LogP contribution in [0.4, 0.5) is 5.82 Å². The molecule has 2 rings (SSSR count). The Balaban J connectivity index is 1.96. The molecule has 0 amide bonds. The second-order valence-corrected chi connectivity index (χ2v) is 6.07. The molecule has 1 saturated carbocycles. The van der Waals surface area contributed by atoms with E-state index in [4.69, 9.17) is 5.73 Å². The molecule has 0 unspecified atom stereocenters. The van der Waals surface area contributed by atoms with Crippen molar-refractivity contribution in [2.75, 3.05) is 5.73 Å². The number of aromatic nitrogens is 2. The van der Waals surface area contributed by atoms with E-state index in [-0.39, 0.29) is 0 Å². The maximum atomic E-state index is 6.09. The number of anilines is 1. The van der Waals surface area contributed by atoms with Crippen molar-refractivity contribution in [2.45, 2.75) is 83.6 Å². The molecule has 1 aromatic heterocycles. The van der Waals surface area contributed by atoms with Crippen molar-refractivity contribution in [3.05, 3.63) is 11.8 Å². The van der Waals surface area contributed by atoms with Crippen molar-refractivity contribution in [3.63, 3.8) is 0 Å². The second kappa shape index (κ2) is 7.56. The summed E-state index contributed by atoms with van der Waals surface area (Å²) in [6.07, 6.45) is 15.0. The van der Waals surface area contributed by atoms with Gasteiger partial charge in [-0.25, -0.2) is 4.68 Å². The Hall–Kier alpha value is -0.990. The molecule has 0 spiro atoms. The molecule has 2 N–H and O–H groups in total. The molecular weight excluding hydrogens is 234 g/mol. The standard InChI is InChI=1S/C16H29N3/c1-14-13-16(17)19(18-14)15-11-9-7-5-3-2-4-6-8-10-12-15/h13,15H,2-12,17H2,1H3. The van der Waals surface area contributed by atoms with Crippen LogP contribution in [0.5, 0.6) is 0 Å². The minimum atomic E-state index is 0.521. The molecule has 0 saturated heterocycles. The van der Waals surface area contributed by atoms with Crippen molar-refractivity contribution in [1.82, 2.24) is 9.78 Å². The van der Waals surface area contributed by atoms with E-state index in [2.05, 4.69) is 9.78 Å². The zero-order valence-electron chi connectivity index (χ0n) is 12.4. The van der Waals surface area contributed by atoms with Gasteiger partial charge in [0.1, 0.15) is 5.82 Å². The zero-order chi connectivity index (χ0) is 13.5. The highest BCUT2D eigenvalue weighted by atomic mass is 15.3. The molecule has 1 aliphatic rings. The molecule has 0 aromatic carbocycles. The minimum Gasteiger partial charge on any atom is -0.384 e. The highest BCUT2D eigenvalue weighted by Crippen LogP contribution is 2.26. The van der Waals surface area contributed by atoms with Gasteiger partial charge >= 0.3 is 0 Å². The summed E-state index contributed by atoms with van der Waals surface area (Å²) in [5.41, 5.74) is 7.13. The van der Waals surface area contributed by atoms with Gasteiger partial charge in [-0.15, -0.1) is 0 Å². The van der Waals surface area contributed by atoms with Gasteiger partial charge in [0.2, 0.25) is 0 Å². The predicted octanol–water partition coefficient (Wildman–Crippen LogP) is 4.62. The smallest absolute Gasteiger partial charge is 0.122 e. The molecule has 0 radical (unpaired) electrons. The number of hydrogen-bond donors (Lipinski definition) is 1. The van der Waals surface area contributed by atoms with Gasteiger partial charge in [0, 0.05) is 6.07 Å². The van der Waals surface area contributed by atoms with Crippen LogP contribution in [-0.2, 0) is 0 Å². The summed E-state index contributed by atoms with van der Waals surface area (Å²) < 4.78 is 2.08. The van der Waals surface area contributed by atoms with E-state index in [0.717, 1.165) is 11.5 Å². The Labute approximate surface area is 117 Å². The SMILES string of the molecule is Cc1cc(N)n(C2CCCCCCCCCCC2)n1. The number of nitrogen functional groups attached to an aromatic ring is 1. The molecule has 0 aliphatic heterocycles. The maximum absolute atomic E-state index is 6.09. The summed E-state index contributed by atoms with van der Waals surface area (Å²) in [7, 11) is 0. The second-order valence-electron chi connectivity index (χ2n) is 6.07. The molecule has 0 atom stereocenters. The summed E-state index contributed by atoms with van der Waals surface area (Å²) in [5.74, 6) is 0.842. The molecule has 1 aliphatic carbocycles. The van der Waals surface area contributed by atoms with E-state index in [0.29, 0.717) is 6.04 Å². The first-order valence-electron chi connectivity index (χ1n) is 8.09. The van der Waals surface area contributed by atoms with Crippen LogP contribution in [-0.4, -0.2) is 9.78 Å². The summed E-state index contributed by atoms with van der Waals surface area (Å²) in [6.45, 7) is 2.03. The lowest BCUT2D eigenvalue weighted by Gasteiger charge is -2.19. The van der Waals surface area contributed by atoms with Crippen molar-refractivity contribution in [2.24, 2.45) is 0 Å². The monoisotopic (exact) mass is 263 g/mol. The van der Waals surface area contributed by atoms with Crippen molar-refractivity contribution >= 4 is 5.82 Å². The Kier molecular flexibility index (Phi) is 5.74. The van der Waals surface area contributed by atoms with E-state index in [9.17, 15) is 0 Å². The van der Waals surface area contributed by atoms with E-state index >= 15 is 0 Å². The third kappa shape index (κ3) is 4.55. The highest BCUT2D eigenvalue weighted by Gasteiger charge is 2.15. The normalized spacial score (nSPS) is 20.7. The van der Waals surface area contributed by atoms with E-state index in [1.54, 1.807) is 0 Å². The number of rotatable bonds is 1. The molecule has 1 aromatic rings. The lowest BCUT2D eigenvalue weighted by atomic mass is 9.98. The Morgan fingerprint density at radius 3 is 1.84 bits per heavy atom. The molecule has 3 heteroatoms. The first kappa shape index (κ1) is 14.4. The summed E-state index contributed by atoms with van der Waals surface area (Å²) in [5, 5.41) is 4.59. The number of nitrogens with zero attached hydrogens (tertiary/aromatic N) is 2. The molecule has 1 heterocycles. The van der Waals surface area contributed by atoms with Gasteiger partial charge in [-0.05, 0) is 19.8 Å². The van der Waals surface area contributed by atoms with Gasteiger partial charge in [0.25, 0.3) is 0 Å². The van der Waals surface area contributed by atoms with Crippen molar-refractivity contribution in [1.29, 1.82) is 0 Å².